The molecule has 0 aliphatic carbocycles. The lowest BCUT2D eigenvalue weighted by Crippen LogP contribution is -2.44. The Hall–Kier alpha value is -0.880. The zero-order chi connectivity index (χ0) is 11.7. The van der Waals surface area contributed by atoms with Crippen molar-refractivity contribution < 1.29 is 9.53 Å². The van der Waals surface area contributed by atoms with E-state index >= 15 is 0 Å². The smallest absolute Gasteiger partial charge is 0.239 e. The highest BCUT2D eigenvalue weighted by Gasteiger charge is 2.03. The second kappa shape index (κ2) is 8.43. The molecule has 15 heavy (non-hydrogen) atoms. The number of hydrogen-bond donors (Lipinski definition) is 3. The Morgan fingerprint density at radius 1 is 1.40 bits per heavy atom. The van der Waals surface area contributed by atoms with Gasteiger partial charge in [0.1, 0.15) is 0 Å². The molecule has 0 unspecified atom stereocenters. The fourth-order valence-corrected chi connectivity index (χ4v) is 1.04. The summed E-state index contributed by atoms with van der Waals surface area (Å²) in [6, 6.07) is 0.148. The van der Waals surface area contributed by atoms with E-state index in [9.17, 15) is 4.79 Å². The number of carbonyl (C=O) groups is 1. The van der Waals surface area contributed by atoms with Gasteiger partial charge in [0, 0.05) is 19.7 Å². The summed E-state index contributed by atoms with van der Waals surface area (Å²) in [6.45, 7) is 5.23. The number of nitrogens with one attached hydrogen (secondary N) is 3. The molecule has 0 heterocycles. The van der Waals surface area contributed by atoms with Crippen LogP contribution in [0.3, 0.4) is 0 Å². The van der Waals surface area contributed by atoms with Crippen LogP contribution in [-0.4, -0.2) is 43.9 Å². The van der Waals surface area contributed by atoms with E-state index in [0.717, 1.165) is 0 Å². The summed E-state index contributed by atoms with van der Waals surface area (Å²) in [6.07, 6.45) is 0. The minimum Gasteiger partial charge on any atom is -0.383 e. The van der Waals surface area contributed by atoms with Crippen LogP contribution in [0.5, 0.6) is 0 Å². The maximum absolute atomic E-state index is 11.2. The monoisotopic (exact) mass is 233 g/mol. The normalized spacial score (nSPS) is 9.87. The molecule has 0 fully saturated rings. The maximum Gasteiger partial charge on any atom is 0.239 e. The molecule has 0 bridgehead atoms. The molecule has 0 aliphatic heterocycles. The molecule has 1 amide bonds. The van der Waals surface area contributed by atoms with Crippen LogP contribution in [0.4, 0.5) is 0 Å². The topological polar surface area (TPSA) is 62.4 Å². The first-order valence-corrected chi connectivity index (χ1v) is 5.27. The number of thiocarbonyl (C=S) groups is 1. The van der Waals surface area contributed by atoms with Gasteiger partial charge in [-0.15, -0.1) is 0 Å². The van der Waals surface area contributed by atoms with E-state index in [4.69, 9.17) is 17.0 Å². The van der Waals surface area contributed by atoms with Crippen molar-refractivity contribution in [3.8, 4) is 0 Å². The molecule has 0 aromatic heterocycles. The Kier molecular flexibility index (Phi) is 7.94. The SMILES string of the molecule is COCCNC(=S)NCC(=O)NC(C)C. The summed E-state index contributed by atoms with van der Waals surface area (Å²) in [4.78, 5) is 11.2. The number of carbonyl (C=O) groups excluding carboxylic acids is 1. The number of amides is 1. The van der Waals surface area contributed by atoms with Gasteiger partial charge in [-0.25, -0.2) is 0 Å². The van der Waals surface area contributed by atoms with E-state index in [0.29, 0.717) is 18.3 Å². The Bertz CT molecular complexity index is 210. The van der Waals surface area contributed by atoms with Crippen molar-refractivity contribution in [3.05, 3.63) is 0 Å². The van der Waals surface area contributed by atoms with Crippen LogP contribution in [0.2, 0.25) is 0 Å². The molecule has 88 valence electrons. The molecule has 0 spiro atoms. The van der Waals surface area contributed by atoms with Gasteiger partial charge in [-0.2, -0.15) is 0 Å². The van der Waals surface area contributed by atoms with Crippen molar-refractivity contribution in [1.29, 1.82) is 0 Å². The fraction of sp³-hybridized carbons (Fsp3) is 0.778. The lowest BCUT2D eigenvalue weighted by atomic mass is 10.4. The first-order valence-electron chi connectivity index (χ1n) is 4.86. The van der Waals surface area contributed by atoms with Gasteiger partial charge in [0.25, 0.3) is 0 Å². The standard InChI is InChI=1S/C9H19N3O2S/c1-7(2)12-8(13)6-11-9(15)10-4-5-14-3/h7H,4-6H2,1-3H3,(H,12,13)(H2,10,11,15). The lowest BCUT2D eigenvalue weighted by Gasteiger charge is -2.11. The quantitative estimate of drug-likeness (QED) is 0.431. The highest BCUT2D eigenvalue weighted by Crippen LogP contribution is 1.76. The van der Waals surface area contributed by atoms with Gasteiger partial charge in [-0.05, 0) is 26.1 Å². The third-order valence-electron chi connectivity index (χ3n) is 1.45. The van der Waals surface area contributed by atoms with Crippen LogP contribution in [0.1, 0.15) is 13.8 Å². The minimum atomic E-state index is -0.0686. The van der Waals surface area contributed by atoms with E-state index < -0.39 is 0 Å². The molecule has 0 aromatic rings. The molecule has 0 aliphatic rings. The molecule has 0 saturated carbocycles. The van der Waals surface area contributed by atoms with E-state index in [1.165, 1.54) is 0 Å². The van der Waals surface area contributed by atoms with Crippen molar-refractivity contribution in [2.24, 2.45) is 0 Å². The highest BCUT2D eigenvalue weighted by atomic mass is 32.1. The van der Waals surface area contributed by atoms with E-state index in [2.05, 4.69) is 16.0 Å². The average molecular weight is 233 g/mol. The predicted molar refractivity (Wildman–Crippen MR) is 63.8 cm³/mol. The summed E-state index contributed by atoms with van der Waals surface area (Å²) >= 11 is 4.94. The van der Waals surface area contributed by atoms with Gasteiger partial charge >= 0.3 is 0 Å². The number of rotatable bonds is 6. The Balaban J connectivity index is 3.49. The molecule has 6 heteroatoms. The Labute approximate surface area is 95.9 Å². The minimum absolute atomic E-state index is 0.0686. The van der Waals surface area contributed by atoms with Crippen molar-refractivity contribution in [2.45, 2.75) is 19.9 Å². The van der Waals surface area contributed by atoms with Crippen molar-refractivity contribution in [2.75, 3.05) is 26.8 Å². The van der Waals surface area contributed by atoms with Crippen molar-refractivity contribution in [1.82, 2.24) is 16.0 Å². The molecule has 0 radical (unpaired) electrons. The fourth-order valence-electron chi connectivity index (χ4n) is 0.863. The van der Waals surface area contributed by atoms with Crippen LogP contribution in [0, 0.1) is 0 Å². The molecule has 0 atom stereocenters. The van der Waals surface area contributed by atoms with Crippen LogP contribution >= 0.6 is 12.2 Å². The summed E-state index contributed by atoms with van der Waals surface area (Å²) in [5, 5.41) is 8.92. The molecular formula is C9H19N3O2S. The molecule has 3 N–H and O–H groups in total. The third kappa shape index (κ3) is 9.42. The van der Waals surface area contributed by atoms with E-state index in [-0.39, 0.29) is 18.5 Å². The van der Waals surface area contributed by atoms with Gasteiger partial charge in [-0.1, -0.05) is 0 Å². The van der Waals surface area contributed by atoms with Crippen LogP contribution in [0.25, 0.3) is 0 Å². The van der Waals surface area contributed by atoms with Gasteiger partial charge in [0.2, 0.25) is 5.91 Å². The largest absolute Gasteiger partial charge is 0.383 e. The van der Waals surface area contributed by atoms with Gasteiger partial charge in [-0.3, -0.25) is 4.79 Å². The summed E-state index contributed by atoms with van der Waals surface area (Å²) in [7, 11) is 1.62. The number of methoxy groups -OCH3 is 1. The zero-order valence-corrected chi connectivity index (χ0v) is 10.2. The van der Waals surface area contributed by atoms with Crippen molar-refractivity contribution >= 4 is 23.2 Å². The van der Waals surface area contributed by atoms with Gasteiger partial charge in [0.15, 0.2) is 5.11 Å². The summed E-state index contributed by atoms with van der Waals surface area (Å²) < 4.78 is 4.84. The molecule has 0 aromatic carbocycles. The molecule has 0 saturated heterocycles. The maximum atomic E-state index is 11.2. The third-order valence-corrected chi connectivity index (χ3v) is 1.74. The second-order valence-corrected chi connectivity index (χ2v) is 3.73. The first kappa shape index (κ1) is 14.1. The molecule has 5 nitrogen and oxygen atoms in total. The van der Waals surface area contributed by atoms with Crippen LogP contribution < -0.4 is 16.0 Å². The highest BCUT2D eigenvalue weighted by molar-refractivity contribution is 7.80. The molecular weight excluding hydrogens is 214 g/mol. The van der Waals surface area contributed by atoms with E-state index in [1.54, 1.807) is 7.11 Å². The lowest BCUT2D eigenvalue weighted by molar-refractivity contribution is -0.120. The Morgan fingerprint density at radius 2 is 2.07 bits per heavy atom. The zero-order valence-electron chi connectivity index (χ0n) is 9.42. The average Bonchev–Trinajstić information content (AvgIpc) is 2.14. The van der Waals surface area contributed by atoms with E-state index in [1.807, 2.05) is 13.8 Å². The summed E-state index contributed by atoms with van der Waals surface area (Å²) in [5.41, 5.74) is 0. The number of ether oxygens (including phenoxy) is 1. The van der Waals surface area contributed by atoms with Gasteiger partial charge < -0.3 is 20.7 Å². The second-order valence-electron chi connectivity index (χ2n) is 3.32. The van der Waals surface area contributed by atoms with Crippen molar-refractivity contribution in [3.63, 3.8) is 0 Å². The predicted octanol–water partition coefficient (Wildman–Crippen LogP) is -0.378. The summed E-state index contributed by atoms with van der Waals surface area (Å²) in [5.74, 6) is -0.0686. The van der Waals surface area contributed by atoms with Gasteiger partial charge in [0.05, 0.1) is 13.2 Å². The molecule has 0 rings (SSSR count). The van der Waals surface area contributed by atoms with Crippen LogP contribution in [0.15, 0.2) is 0 Å². The van der Waals surface area contributed by atoms with Crippen LogP contribution in [-0.2, 0) is 9.53 Å². The first-order chi connectivity index (χ1) is 7.06. The number of hydrogen-bond acceptors (Lipinski definition) is 3. The Morgan fingerprint density at radius 3 is 2.60 bits per heavy atom.